The van der Waals surface area contributed by atoms with Crippen molar-refractivity contribution in [3.63, 3.8) is 0 Å². The lowest BCUT2D eigenvalue weighted by molar-refractivity contribution is 0.648. The van der Waals surface area contributed by atoms with Crippen LogP contribution in [0.1, 0.15) is 32.3 Å². The van der Waals surface area contributed by atoms with E-state index in [2.05, 4.69) is 105 Å². The van der Waals surface area contributed by atoms with E-state index in [4.69, 9.17) is 0 Å². The molecule has 0 bridgehead atoms. The monoisotopic (exact) mass is 484 g/mol. The number of aromatic nitrogens is 2. The van der Waals surface area contributed by atoms with Gasteiger partial charge < -0.3 is 4.57 Å². The van der Waals surface area contributed by atoms with E-state index in [1.165, 1.54) is 29.2 Å². The normalized spacial score (nSPS) is 11.5. The average molecular weight is 486 g/mol. The first-order chi connectivity index (χ1) is 12.7. The van der Waals surface area contributed by atoms with E-state index in [0.29, 0.717) is 0 Å². The van der Waals surface area contributed by atoms with Gasteiger partial charge in [-0.3, -0.25) is 0 Å². The number of imidazole rings is 1. The lowest BCUT2D eigenvalue weighted by atomic mass is 10.0. The van der Waals surface area contributed by atoms with Gasteiger partial charge in [-0.1, -0.05) is 48.0 Å². The first-order valence-corrected chi connectivity index (χ1v) is 11.9. The van der Waals surface area contributed by atoms with Crippen LogP contribution in [0.25, 0.3) is 10.8 Å². The Kier molecular flexibility index (Phi) is 9.06. The maximum Gasteiger partial charge on any atom is 0.104 e. The predicted octanol–water partition coefficient (Wildman–Crippen LogP) is 7.36. The Morgan fingerprint density at radius 2 is 1.67 bits per heavy atom. The molecule has 0 aliphatic rings. The van der Waals surface area contributed by atoms with E-state index in [1.54, 1.807) is 0 Å². The summed E-state index contributed by atoms with van der Waals surface area (Å²) in [6.45, 7) is 5.46. The summed E-state index contributed by atoms with van der Waals surface area (Å²) in [6, 6.07) is 13.5. The average Bonchev–Trinajstić information content (AvgIpc) is 3.16. The Hall–Kier alpha value is -0.620. The summed E-state index contributed by atoms with van der Waals surface area (Å²) in [5.41, 5.74) is 1.40. The molecule has 0 unspecified atom stereocenters. The highest BCUT2D eigenvalue weighted by molar-refractivity contribution is 9.10. The molecule has 2 nitrogen and oxygen atoms in total. The quantitative estimate of drug-likeness (QED) is 0.295. The highest BCUT2D eigenvalue weighted by Gasteiger charge is 2.33. The van der Waals surface area contributed by atoms with Crippen LogP contribution in [0.4, 0.5) is 0 Å². The fourth-order valence-electron chi connectivity index (χ4n) is 3.00. The molecule has 146 valence electrons. The van der Waals surface area contributed by atoms with Gasteiger partial charge in [0, 0.05) is 16.9 Å². The molecule has 6 heteroatoms. The summed E-state index contributed by atoms with van der Waals surface area (Å²) < 4.78 is 3.36. The summed E-state index contributed by atoms with van der Waals surface area (Å²) in [6.07, 6.45) is 8.25. The van der Waals surface area contributed by atoms with Crippen LogP contribution in [0.2, 0.25) is 0 Å². The molecule has 3 rings (SSSR count). The number of nitrogens with zero attached hydrogens (tertiary/aromatic N) is 2. The molecule has 0 aliphatic heterocycles. The Balaban J connectivity index is 0.00000261. The van der Waals surface area contributed by atoms with Gasteiger partial charge in [-0.25, -0.2) is 4.98 Å². The number of rotatable bonds is 9. The lowest BCUT2D eigenvalue weighted by Crippen LogP contribution is -2.25. The molecule has 0 saturated carbocycles. The summed E-state index contributed by atoms with van der Waals surface area (Å²) in [5.74, 6) is 2.31. The zero-order valence-corrected chi connectivity index (χ0v) is 19.8. The second kappa shape index (κ2) is 10.8. The van der Waals surface area contributed by atoms with Crippen LogP contribution in [0.15, 0.2) is 59.6 Å². The first-order valence-electron chi connectivity index (χ1n) is 9.10. The third-order valence-electron chi connectivity index (χ3n) is 4.27. The second-order valence-corrected chi connectivity index (χ2v) is 10.4. The molecule has 0 spiro atoms. The molecule has 27 heavy (non-hydrogen) atoms. The van der Waals surface area contributed by atoms with Gasteiger partial charge in [0.05, 0.1) is 12.9 Å². The summed E-state index contributed by atoms with van der Waals surface area (Å²) in [5, 5.41) is 2.58. The fraction of sp³-hybridized carbons (Fsp3) is 0.381. The molecule has 1 aromatic heterocycles. The van der Waals surface area contributed by atoms with Crippen molar-refractivity contribution >= 4 is 62.6 Å². The van der Waals surface area contributed by atoms with Crippen molar-refractivity contribution in [3.05, 3.63) is 65.2 Å². The fourth-order valence-corrected chi connectivity index (χ4v) is 6.35. The van der Waals surface area contributed by atoms with Crippen molar-refractivity contribution < 1.29 is 0 Å². The van der Waals surface area contributed by atoms with Gasteiger partial charge in [-0.05, 0) is 58.9 Å². The van der Waals surface area contributed by atoms with Crippen molar-refractivity contribution in [2.45, 2.75) is 37.3 Å². The van der Waals surface area contributed by atoms with Crippen molar-refractivity contribution in [1.82, 2.24) is 9.55 Å². The van der Waals surface area contributed by atoms with Crippen LogP contribution in [-0.2, 0) is 10.6 Å². The third kappa shape index (κ3) is 5.69. The predicted molar refractivity (Wildman–Crippen MR) is 128 cm³/mol. The van der Waals surface area contributed by atoms with Crippen molar-refractivity contribution in [2.24, 2.45) is 0 Å². The van der Waals surface area contributed by atoms with E-state index in [9.17, 15) is 0 Å². The van der Waals surface area contributed by atoms with Crippen molar-refractivity contribution in [1.29, 1.82) is 0 Å². The molecule has 0 N–H and O–H groups in total. The standard InChI is InChI=1S/C21H25BrN2S2.ClH/c1-3-11-25-21(26-12-4-2,15-24-10-9-23-16-24)19-7-5-18-14-20(22)8-6-17(18)13-19;/h5-10,13-14,16H,3-4,11-12,15H2,1-2H3;1H. The molecular formula is C21H26BrClN2S2. The Labute approximate surface area is 185 Å². The zero-order valence-electron chi connectivity index (χ0n) is 15.7. The minimum Gasteiger partial charge on any atom is -0.335 e. The molecule has 2 aromatic carbocycles. The van der Waals surface area contributed by atoms with E-state index in [0.717, 1.165) is 22.5 Å². The number of benzene rings is 2. The second-order valence-electron chi connectivity index (χ2n) is 6.39. The molecule has 3 aromatic rings. The number of halogens is 2. The van der Waals surface area contributed by atoms with Crippen LogP contribution in [0.3, 0.4) is 0 Å². The molecular weight excluding hydrogens is 460 g/mol. The van der Waals surface area contributed by atoms with Crippen LogP contribution in [0, 0.1) is 0 Å². The van der Waals surface area contributed by atoms with Crippen LogP contribution in [-0.4, -0.2) is 21.1 Å². The molecule has 0 radical (unpaired) electrons. The maximum absolute atomic E-state index is 4.26. The van der Waals surface area contributed by atoms with E-state index in [1.807, 2.05) is 12.5 Å². The largest absolute Gasteiger partial charge is 0.335 e. The highest BCUT2D eigenvalue weighted by Crippen LogP contribution is 2.49. The van der Waals surface area contributed by atoms with E-state index in [-0.39, 0.29) is 16.5 Å². The van der Waals surface area contributed by atoms with Gasteiger partial charge in [0.2, 0.25) is 0 Å². The van der Waals surface area contributed by atoms with E-state index >= 15 is 0 Å². The molecule has 0 amide bonds. The summed E-state index contributed by atoms with van der Waals surface area (Å²) >= 11 is 7.73. The molecule has 0 fully saturated rings. The Morgan fingerprint density at radius 1 is 1.00 bits per heavy atom. The van der Waals surface area contributed by atoms with Gasteiger partial charge in [0.1, 0.15) is 4.08 Å². The third-order valence-corrected chi connectivity index (χ3v) is 8.36. The minimum atomic E-state index is 0. The SMILES string of the molecule is CCCSC(Cn1ccnc1)(SCCC)c1ccc2cc(Br)ccc2c1.Cl. The molecule has 0 atom stereocenters. The minimum absolute atomic E-state index is 0. The first kappa shape index (κ1) is 22.7. The smallest absolute Gasteiger partial charge is 0.104 e. The number of hydrogen-bond acceptors (Lipinski definition) is 3. The number of fused-ring (bicyclic) bond motifs is 1. The molecule has 1 heterocycles. The van der Waals surface area contributed by atoms with Crippen molar-refractivity contribution in [3.8, 4) is 0 Å². The van der Waals surface area contributed by atoms with Crippen LogP contribution in [0.5, 0.6) is 0 Å². The molecule has 0 aliphatic carbocycles. The number of hydrogen-bond donors (Lipinski definition) is 0. The van der Waals surface area contributed by atoms with Gasteiger partial charge in [-0.2, -0.15) is 0 Å². The molecule has 0 saturated heterocycles. The Morgan fingerprint density at radius 3 is 2.30 bits per heavy atom. The zero-order chi connectivity index (χ0) is 18.4. The van der Waals surface area contributed by atoms with Gasteiger partial charge >= 0.3 is 0 Å². The van der Waals surface area contributed by atoms with Crippen LogP contribution < -0.4 is 0 Å². The number of thioether (sulfide) groups is 2. The lowest BCUT2D eigenvalue weighted by Gasteiger charge is -2.34. The topological polar surface area (TPSA) is 17.8 Å². The maximum atomic E-state index is 4.26. The summed E-state index contributed by atoms with van der Waals surface area (Å²) in [4.78, 5) is 4.26. The van der Waals surface area contributed by atoms with Gasteiger partial charge in [-0.15, -0.1) is 35.9 Å². The Bertz CT molecular complexity index is 831. The van der Waals surface area contributed by atoms with E-state index < -0.39 is 0 Å². The van der Waals surface area contributed by atoms with Gasteiger partial charge in [0.25, 0.3) is 0 Å². The summed E-state index contributed by atoms with van der Waals surface area (Å²) in [7, 11) is 0. The van der Waals surface area contributed by atoms with Crippen LogP contribution >= 0.6 is 51.9 Å². The van der Waals surface area contributed by atoms with Gasteiger partial charge in [0.15, 0.2) is 0 Å². The van der Waals surface area contributed by atoms with Crippen molar-refractivity contribution in [2.75, 3.05) is 11.5 Å². The highest BCUT2D eigenvalue weighted by atomic mass is 79.9.